The van der Waals surface area contributed by atoms with Crippen LogP contribution in [0.3, 0.4) is 0 Å². The lowest BCUT2D eigenvalue weighted by Gasteiger charge is -2.02. The monoisotopic (exact) mass is 228 g/mol. The summed E-state index contributed by atoms with van der Waals surface area (Å²) in [5.41, 5.74) is 0.980. The highest BCUT2D eigenvalue weighted by molar-refractivity contribution is 5.38. The van der Waals surface area contributed by atoms with Crippen molar-refractivity contribution in [2.24, 2.45) is 0 Å². The second-order valence-corrected chi connectivity index (χ2v) is 3.44. The summed E-state index contributed by atoms with van der Waals surface area (Å²) in [6.07, 6.45) is 1.25. The maximum atomic E-state index is 8.38. The maximum absolute atomic E-state index is 8.38. The molecule has 0 heterocycles. The van der Waals surface area contributed by atoms with E-state index in [4.69, 9.17) is 10.00 Å². The fourth-order valence-corrected chi connectivity index (χ4v) is 1.20. The van der Waals surface area contributed by atoms with Crippen molar-refractivity contribution in [3.8, 4) is 23.7 Å². The fourth-order valence-electron chi connectivity index (χ4n) is 1.20. The van der Waals surface area contributed by atoms with E-state index < -0.39 is 0 Å². The first kappa shape index (κ1) is 13.1. The molecule has 0 fully saturated rings. The zero-order valence-electron chi connectivity index (χ0n) is 9.99. The first-order valence-electron chi connectivity index (χ1n) is 5.60. The minimum atomic E-state index is 0.408. The van der Waals surface area contributed by atoms with E-state index in [0.717, 1.165) is 24.3 Å². The smallest absolute Gasteiger partial charge is 0.119 e. The van der Waals surface area contributed by atoms with Crippen molar-refractivity contribution in [2.75, 3.05) is 20.2 Å². The molecule has 0 saturated carbocycles. The Bertz CT molecular complexity index is 420. The number of benzene rings is 1. The molecule has 0 saturated heterocycles. The second-order valence-electron chi connectivity index (χ2n) is 3.44. The highest BCUT2D eigenvalue weighted by atomic mass is 16.5. The fraction of sp³-hybridized carbons (Fsp3) is 0.357. The van der Waals surface area contributed by atoms with E-state index in [1.807, 2.05) is 37.4 Å². The van der Waals surface area contributed by atoms with Crippen LogP contribution in [0.25, 0.3) is 0 Å². The number of nitrogens with zero attached hydrogens (tertiary/aromatic N) is 1. The molecule has 0 aliphatic heterocycles. The summed E-state index contributed by atoms with van der Waals surface area (Å²) >= 11 is 0. The molecule has 3 nitrogen and oxygen atoms in total. The number of rotatable bonds is 5. The van der Waals surface area contributed by atoms with Gasteiger partial charge in [-0.15, -0.1) is 0 Å². The van der Waals surface area contributed by atoms with E-state index in [2.05, 4.69) is 17.2 Å². The average Bonchev–Trinajstić information content (AvgIpc) is 2.37. The van der Waals surface area contributed by atoms with Gasteiger partial charge in [-0.25, -0.2) is 0 Å². The van der Waals surface area contributed by atoms with Crippen LogP contribution >= 0.6 is 0 Å². The standard InChI is InChI=1S/C14H16N2O/c1-16-11-3-2-5-13-6-8-14(9-7-13)17-12-4-10-15/h6-9,16H,3-4,11-12H2,1H3. The molecule has 1 N–H and O–H groups in total. The number of hydrogen-bond acceptors (Lipinski definition) is 3. The van der Waals surface area contributed by atoms with Crippen molar-refractivity contribution < 1.29 is 4.74 Å². The van der Waals surface area contributed by atoms with E-state index in [0.29, 0.717) is 13.0 Å². The Labute approximate surface area is 102 Å². The molecule has 1 rings (SSSR count). The number of ether oxygens (including phenoxy) is 1. The molecule has 17 heavy (non-hydrogen) atoms. The lowest BCUT2D eigenvalue weighted by Crippen LogP contribution is -2.05. The SMILES string of the molecule is CNCCC#Cc1ccc(OCCC#N)cc1. The van der Waals surface area contributed by atoms with Gasteiger partial charge in [-0.2, -0.15) is 5.26 Å². The molecule has 0 unspecified atom stereocenters. The van der Waals surface area contributed by atoms with Gasteiger partial charge in [0, 0.05) is 18.5 Å². The molecule has 0 atom stereocenters. The van der Waals surface area contributed by atoms with Crippen molar-refractivity contribution in [2.45, 2.75) is 12.8 Å². The summed E-state index contributed by atoms with van der Waals surface area (Å²) in [6.45, 7) is 1.34. The molecule has 0 aromatic heterocycles. The Morgan fingerprint density at radius 2 is 2.00 bits per heavy atom. The molecular formula is C14H16N2O. The summed E-state index contributed by atoms with van der Waals surface area (Å²) in [4.78, 5) is 0. The van der Waals surface area contributed by atoms with Crippen LogP contribution in [0.5, 0.6) is 5.75 Å². The molecule has 88 valence electrons. The highest BCUT2D eigenvalue weighted by Crippen LogP contribution is 2.11. The first-order valence-corrected chi connectivity index (χ1v) is 5.60. The van der Waals surface area contributed by atoms with Gasteiger partial charge in [0.15, 0.2) is 0 Å². The van der Waals surface area contributed by atoms with Crippen molar-refractivity contribution in [1.29, 1.82) is 5.26 Å². The third-order valence-electron chi connectivity index (χ3n) is 2.07. The molecule has 1 aromatic carbocycles. The normalized spacial score (nSPS) is 8.94. The molecule has 0 radical (unpaired) electrons. The van der Waals surface area contributed by atoms with Gasteiger partial charge in [0.2, 0.25) is 0 Å². The van der Waals surface area contributed by atoms with Crippen molar-refractivity contribution in [1.82, 2.24) is 5.32 Å². The van der Waals surface area contributed by atoms with Crippen LogP contribution in [0, 0.1) is 23.2 Å². The topological polar surface area (TPSA) is 45.0 Å². The predicted molar refractivity (Wildman–Crippen MR) is 67.6 cm³/mol. The number of nitrogens with one attached hydrogen (secondary N) is 1. The Balaban J connectivity index is 2.44. The number of hydrogen-bond donors (Lipinski definition) is 1. The maximum Gasteiger partial charge on any atom is 0.119 e. The summed E-state index contributed by atoms with van der Waals surface area (Å²) in [5, 5.41) is 11.4. The van der Waals surface area contributed by atoms with Gasteiger partial charge in [-0.05, 0) is 31.3 Å². The quantitative estimate of drug-likeness (QED) is 0.618. The van der Waals surface area contributed by atoms with Crippen molar-refractivity contribution >= 4 is 0 Å². The summed E-state index contributed by atoms with van der Waals surface area (Å²) in [6, 6.07) is 9.63. The zero-order chi connectivity index (χ0) is 12.3. The summed E-state index contributed by atoms with van der Waals surface area (Å²) in [7, 11) is 1.91. The van der Waals surface area contributed by atoms with Crippen LogP contribution in [0.1, 0.15) is 18.4 Å². The highest BCUT2D eigenvalue weighted by Gasteiger charge is 1.92. The predicted octanol–water partition coefficient (Wildman–Crippen LogP) is 1.94. The van der Waals surface area contributed by atoms with Crippen LogP contribution in [-0.4, -0.2) is 20.2 Å². The molecule has 0 amide bonds. The molecular weight excluding hydrogens is 212 g/mol. The molecule has 0 spiro atoms. The minimum Gasteiger partial charge on any atom is -0.493 e. The van der Waals surface area contributed by atoms with E-state index >= 15 is 0 Å². The average molecular weight is 228 g/mol. The summed E-state index contributed by atoms with van der Waals surface area (Å²) < 4.78 is 5.36. The van der Waals surface area contributed by atoms with Gasteiger partial charge < -0.3 is 10.1 Å². The Morgan fingerprint density at radius 1 is 1.24 bits per heavy atom. The summed E-state index contributed by atoms with van der Waals surface area (Å²) in [5.74, 6) is 6.93. The van der Waals surface area contributed by atoms with Crippen LogP contribution in [0.15, 0.2) is 24.3 Å². The minimum absolute atomic E-state index is 0.408. The largest absolute Gasteiger partial charge is 0.493 e. The Morgan fingerprint density at radius 3 is 2.65 bits per heavy atom. The molecule has 0 aliphatic carbocycles. The van der Waals surface area contributed by atoms with E-state index in [1.165, 1.54) is 0 Å². The van der Waals surface area contributed by atoms with Gasteiger partial charge in [0.05, 0.1) is 12.5 Å². The lowest BCUT2D eigenvalue weighted by atomic mass is 10.2. The van der Waals surface area contributed by atoms with Crippen molar-refractivity contribution in [3.63, 3.8) is 0 Å². The van der Waals surface area contributed by atoms with Crippen molar-refractivity contribution in [3.05, 3.63) is 29.8 Å². The van der Waals surface area contributed by atoms with Gasteiger partial charge in [0.1, 0.15) is 12.4 Å². The van der Waals surface area contributed by atoms with Gasteiger partial charge in [-0.1, -0.05) is 11.8 Å². The van der Waals surface area contributed by atoms with Gasteiger partial charge in [0.25, 0.3) is 0 Å². The molecule has 0 bridgehead atoms. The first-order chi connectivity index (χ1) is 8.36. The van der Waals surface area contributed by atoms with Crippen LogP contribution < -0.4 is 10.1 Å². The third kappa shape index (κ3) is 5.61. The van der Waals surface area contributed by atoms with E-state index in [9.17, 15) is 0 Å². The lowest BCUT2D eigenvalue weighted by molar-refractivity contribution is 0.326. The van der Waals surface area contributed by atoms with Gasteiger partial charge in [-0.3, -0.25) is 0 Å². The van der Waals surface area contributed by atoms with Gasteiger partial charge >= 0.3 is 0 Å². The second kappa shape index (κ2) is 8.21. The number of nitriles is 1. The van der Waals surface area contributed by atoms with E-state index in [-0.39, 0.29) is 0 Å². The third-order valence-corrected chi connectivity index (χ3v) is 2.07. The van der Waals surface area contributed by atoms with Crippen LogP contribution in [0.4, 0.5) is 0 Å². The molecule has 1 aromatic rings. The molecule has 3 heteroatoms. The Hall–Kier alpha value is -1.97. The molecule has 0 aliphatic rings. The van der Waals surface area contributed by atoms with Crippen LogP contribution in [0.2, 0.25) is 0 Å². The van der Waals surface area contributed by atoms with E-state index in [1.54, 1.807) is 0 Å². The zero-order valence-corrected chi connectivity index (χ0v) is 9.99. The van der Waals surface area contributed by atoms with Crippen LogP contribution in [-0.2, 0) is 0 Å². The Kier molecular flexibility index (Phi) is 6.33.